The van der Waals surface area contributed by atoms with Gasteiger partial charge in [0.05, 0.1) is 12.0 Å². The number of hydrogen-bond acceptors (Lipinski definition) is 6. The molecule has 2 aromatic heterocycles. The van der Waals surface area contributed by atoms with Crippen LogP contribution in [0.4, 0.5) is 13.6 Å². The third-order valence-electron chi connectivity index (χ3n) is 7.50. The molecular formula is C30H31F2N3O5. The number of hydrogen-bond donors (Lipinski definition) is 2. The second-order valence-electron chi connectivity index (χ2n) is 10.2. The summed E-state index contributed by atoms with van der Waals surface area (Å²) in [5.74, 6) is -0.727. The number of aromatic nitrogens is 2. The molecule has 1 amide bonds. The predicted molar refractivity (Wildman–Crippen MR) is 144 cm³/mol. The fourth-order valence-electron chi connectivity index (χ4n) is 5.23. The third-order valence-corrected chi connectivity index (χ3v) is 7.50. The molecule has 2 heterocycles. The molecule has 1 aliphatic rings. The van der Waals surface area contributed by atoms with Crippen LogP contribution >= 0.6 is 0 Å². The molecule has 1 aliphatic carbocycles. The maximum atomic E-state index is 14.2. The Bertz CT molecular complexity index is 1510. The van der Waals surface area contributed by atoms with Gasteiger partial charge in [-0.15, -0.1) is 0 Å². The number of fused-ring (bicyclic) bond motifs is 1. The van der Waals surface area contributed by atoms with Gasteiger partial charge in [-0.3, -0.25) is 4.79 Å². The summed E-state index contributed by atoms with van der Waals surface area (Å²) in [6, 6.07) is 16.0. The molecule has 1 atom stereocenters. The molecule has 0 saturated heterocycles. The molecule has 0 radical (unpaired) electrons. The number of carbonyl (C=O) groups is 1. The van der Waals surface area contributed by atoms with E-state index in [0.29, 0.717) is 54.8 Å². The van der Waals surface area contributed by atoms with Crippen molar-refractivity contribution >= 4 is 17.2 Å². The minimum atomic E-state index is -0.935. The maximum Gasteiger partial charge on any atom is 0.407 e. The highest BCUT2D eigenvalue weighted by atomic mass is 19.1. The molecule has 4 aromatic rings. The molecule has 40 heavy (non-hydrogen) atoms. The molecule has 0 aliphatic heterocycles. The first kappa shape index (κ1) is 27.5. The van der Waals surface area contributed by atoms with Gasteiger partial charge in [-0.2, -0.15) is 0 Å². The minimum absolute atomic E-state index is 0.00894. The summed E-state index contributed by atoms with van der Waals surface area (Å²) in [5, 5.41) is 2.75. The maximum absolute atomic E-state index is 14.2. The van der Waals surface area contributed by atoms with Crippen LogP contribution < -0.4 is 10.9 Å². The van der Waals surface area contributed by atoms with Crippen molar-refractivity contribution < 1.29 is 27.5 Å². The Labute approximate surface area is 229 Å². The quantitative estimate of drug-likeness (QED) is 0.284. The van der Waals surface area contributed by atoms with Crippen LogP contribution in [-0.4, -0.2) is 42.6 Å². The second-order valence-corrected chi connectivity index (χ2v) is 10.2. The number of carbonyl (C=O) groups excluding carboxylic acids is 1. The van der Waals surface area contributed by atoms with Crippen molar-refractivity contribution in [2.75, 3.05) is 20.3 Å². The van der Waals surface area contributed by atoms with Crippen LogP contribution in [0.5, 0.6) is 0 Å². The van der Waals surface area contributed by atoms with Crippen LogP contribution in [-0.2, 0) is 21.4 Å². The molecule has 2 N–H and O–H groups in total. The van der Waals surface area contributed by atoms with Gasteiger partial charge in [0.2, 0.25) is 5.89 Å². The highest BCUT2D eigenvalue weighted by Crippen LogP contribution is 2.41. The van der Waals surface area contributed by atoms with Crippen LogP contribution in [0, 0.1) is 5.82 Å². The highest BCUT2D eigenvalue weighted by Gasteiger charge is 2.42. The van der Waals surface area contributed by atoms with Crippen LogP contribution in [0.15, 0.2) is 70.0 Å². The van der Waals surface area contributed by atoms with Crippen molar-refractivity contribution in [1.29, 1.82) is 0 Å². The second kappa shape index (κ2) is 12.0. The van der Waals surface area contributed by atoms with Gasteiger partial charge in [0.1, 0.15) is 24.1 Å². The third kappa shape index (κ3) is 6.07. The highest BCUT2D eigenvalue weighted by molar-refractivity contribution is 5.74. The number of oxazole rings is 1. The van der Waals surface area contributed by atoms with E-state index in [4.69, 9.17) is 18.9 Å². The van der Waals surface area contributed by atoms with Crippen molar-refractivity contribution in [2.24, 2.45) is 0 Å². The van der Waals surface area contributed by atoms with E-state index in [1.165, 1.54) is 13.2 Å². The SMILES string of the molecule is COC[C@H](c1ccc2oc(C3(COC(=O)NCc4ccccc4)CCC(F)CC3)nc2c1)c1cc(F)c[nH]c1=O. The van der Waals surface area contributed by atoms with Gasteiger partial charge in [-0.1, -0.05) is 36.4 Å². The van der Waals surface area contributed by atoms with E-state index in [1.54, 1.807) is 18.2 Å². The van der Waals surface area contributed by atoms with Crippen molar-refractivity contribution in [3.63, 3.8) is 0 Å². The first-order chi connectivity index (χ1) is 19.4. The summed E-state index contributed by atoms with van der Waals surface area (Å²) >= 11 is 0. The normalized spacial score (nSPS) is 19.8. The molecule has 0 bridgehead atoms. The first-order valence-electron chi connectivity index (χ1n) is 13.2. The van der Waals surface area contributed by atoms with E-state index in [9.17, 15) is 18.4 Å². The number of benzene rings is 2. The predicted octanol–water partition coefficient (Wildman–Crippen LogP) is 5.51. The zero-order valence-corrected chi connectivity index (χ0v) is 22.1. The molecular weight excluding hydrogens is 520 g/mol. The Morgan fingerprint density at radius 1 is 1.20 bits per heavy atom. The largest absolute Gasteiger partial charge is 0.448 e. The summed E-state index contributed by atoms with van der Waals surface area (Å²) in [7, 11) is 1.51. The Hall–Kier alpha value is -4.05. The number of pyridine rings is 1. The number of amides is 1. The molecule has 0 spiro atoms. The van der Waals surface area contributed by atoms with Gasteiger partial charge < -0.3 is 24.2 Å². The van der Waals surface area contributed by atoms with Crippen molar-refractivity contribution in [3.8, 4) is 0 Å². The van der Waals surface area contributed by atoms with E-state index < -0.39 is 35.0 Å². The molecule has 0 unspecified atom stereocenters. The van der Waals surface area contributed by atoms with Crippen LogP contribution in [0.25, 0.3) is 11.1 Å². The molecule has 1 fully saturated rings. The van der Waals surface area contributed by atoms with Gasteiger partial charge in [0.25, 0.3) is 5.56 Å². The van der Waals surface area contributed by atoms with E-state index >= 15 is 0 Å². The van der Waals surface area contributed by atoms with E-state index in [1.807, 2.05) is 30.3 Å². The summed E-state index contributed by atoms with van der Waals surface area (Å²) in [5.41, 5.74) is 1.70. The number of alkyl carbamates (subject to hydrolysis) is 1. The number of nitrogens with one attached hydrogen (secondary N) is 2. The van der Waals surface area contributed by atoms with Crippen molar-refractivity contribution in [3.05, 3.63) is 99.5 Å². The number of H-pyrrole nitrogens is 1. The molecule has 1 saturated carbocycles. The van der Waals surface area contributed by atoms with E-state index in [0.717, 1.165) is 11.8 Å². The Kier molecular flexibility index (Phi) is 8.25. The number of nitrogens with zero attached hydrogens (tertiary/aromatic N) is 1. The lowest BCUT2D eigenvalue weighted by molar-refractivity contribution is 0.0692. The summed E-state index contributed by atoms with van der Waals surface area (Å²) in [6.45, 7) is 0.461. The Balaban J connectivity index is 1.39. The fraction of sp³-hybridized carbons (Fsp3) is 0.367. The summed E-state index contributed by atoms with van der Waals surface area (Å²) in [4.78, 5) is 32.1. The molecule has 5 rings (SSSR count). The van der Waals surface area contributed by atoms with E-state index in [2.05, 4.69) is 10.3 Å². The van der Waals surface area contributed by atoms with Gasteiger partial charge in [-0.25, -0.2) is 18.6 Å². The number of ether oxygens (including phenoxy) is 2. The molecule has 210 valence electrons. The van der Waals surface area contributed by atoms with Crippen LogP contribution in [0.3, 0.4) is 0 Å². The van der Waals surface area contributed by atoms with Gasteiger partial charge in [0.15, 0.2) is 5.58 Å². The number of halogens is 2. The molecule has 2 aromatic carbocycles. The average molecular weight is 552 g/mol. The monoisotopic (exact) mass is 551 g/mol. The van der Waals surface area contributed by atoms with Crippen LogP contribution in [0.1, 0.15) is 54.2 Å². The zero-order chi connectivity index (χ0) is 28.1. The number of aromatic amines is 1. The van der Waals surface area contributed by atoms with Crippen molar-refractivity contribution in [2.45, 2.75) is 49.7 Å². The Morgan fingerprint density at radius 3 is 2.73 bits per heavy atom. The minimum Gasteiger partial charge on any atom is -0.448 e. The molecule has 10 heteroatoms. The van der Waals surface area contributed by atoms with Crippen molar-refractivity contribution in [1.82, 2.24) is 15.3 Å². The first-order valence-corrected chi connectivity index (χ1v) is 13.2. The lowest BCUT2D eigenvalue weighted by Gasteiger charge is -2.34. The Morgan fingerprint density at radius 2 is 1.98 bits per heavy atom. The lowest BCUT2D eigenvalue weighted by Crippen LogP contribution is -2.39. The average Bonchev–Trinajstić information content (AvgIpc) is 3.41. The van der Waals surface area contributed by atoms with Gasteiger partial charge in [-0.05, 0) is 55.0 Å². The van der Waals surface area contributed by atoms with Gasteiger partial charge in [0, 0.05) is 31.3 Å². The fourth-order valence-corrected chi connectivity index (χ4v) is 5.23. The standard InChI is InChI=1S/C30H31F2N3O5/c1-38-17-24(23-14-22(32)16-33-27(23)36)20-7-8-26-25(13-20)35-28(40-26)30(11-9-21(31)10-12-30)18-39-29(37)34-15-19-5-3-2-4-6-19/h2-8,13-14,16,21,24H,9-12,15,17-18H2,1H3,(H,33,36)(H,34,37)/t21?,24-,30?/m1/s1. The number of rotatable bonds is 9. The molecule has 8 nitrogen and oxygen atoms in total. The zero-order valence-electron chi connectivity index (χ0n) is 22.1. The lowest BCUT2D eigenvalue weighted by atomic mass is 9.74. The van der Waals surface area contributed by atoms with Crippen LogP contribution in [0.2, 0.25) is 0 Å². The number of alkyl halides is 1. The smallest absolute Gasteiger partial charge is 0.407 e. The van der Waals surface area contributed by atoms with Gasteiger partial charge >= 0.3 is 6.09 Å². The topological polar surface area (TPSA) is 106 Å². The summed E-state index contributed by atoms with van der Waals surface area (Å²) in [6.07, 6.45) is 0.921. The van der Waals surface area contributed by atoms with E-state index in [-0.39, 0.29) is 18.8 Å². The summed E-state index contributed by atoms with van der Waals surface area (Å²) < 4.78 is 45.2. The number of methoxy groups -OCH3 is 1.